The van der Waals surface area contributed by atoms with E-state index >= 15 is 0 Å². The van der Waals surface area contributed by atoms with Crippen molar-refractivity contribution in [3.8, 4) is 22.1 Å². The van der Waals surface area contributed by atoms with Crippen LogP contribution in [0, 0.1) is 0 Å². The molecule has 0 aliphatic heterocycles. The number of hydrogen-bond acceptors (Lipinski definition) is 5. The van der Waals surface area contributed by atoms with Crippen LogP contribution in [0.4, 0.5) is 0 Å². The fraction of sp³-hybridized carbons (Fsp3) is 0.333. The van der Waals surface area contributed by atoms with Gasteiger partial charge in [0, 0.05) is 34.5 Å². The summed E-state index contributed by atoms with van der Waals surface area (Å²) in [5.74, 6) is 0.842. The van der Waals surface area contributed by atoms with Crippen LogP contribution in [0.25, 0.3) is 21.5 Å². The van der Waals surface area contributed by atoms with Crippen molar-refractivity contribution in [2.45, 2.75) is 46.1 Å². The maximum Gasteiger partial charge on any atom is 0.323 e. The van der Waals surface area contributed by atoms with Gasteiger partial charge < -0.3 is 19.1 Å². The summed E-state index contributed by atoms with van der Waals surface area (Å²) < 4.78 is 13.7. The van der Waals surface area contributed by atoms with Crippen LogP contribution in [0.5, 0.6) is 11.5 Å². The molecule has 2 aromatic carbocycles. The van der Waals surface area contributed by atoms with Crippen molar-refractivity contribution < 1.29 is 19.4 Å². The van der Waals surface area contributed by atoms with Gasteiger partial charge in [-0.15, -0.1) is 11.3 Å². The summed E-state index contributed by atoms with van der Waals surface area (Å²) in [6, 6.07) is 14.0. The quantitative estimate of drug-likeness (QED) is 0.245. The molecule has 178 valence electrons. The lowest BCUT2D eigenvalue weighted by molar-refractivity contribution is -0.137. The van der Waals surface area contributed by atoms with Crippen LogP contribution >= 0.6 is 11.3 Å². The van der Waals surface area contributed by atoms with Crippen molar-refractivity contribution in [2.24, 2.45) is 0 Å². The Kier molecular flexibility index (Phi) is 7.85. The Morgan fingerprint density at radius 3 is 2.71 bits per heavy atom. The lowest BCUT2D eigenvalue weighted by Gasteiger charge is -2.13. The Balaban J connectivity index is 1.31. The van der Waals surface area contributed by atoms with Gasteiger partial charge >= 0.3 is 5.97 Å². The van der Waals surface area contributed by atoms with Gasteiger partial charge in [0.05, 0.1) is 18.9 Å². The summed E-state index contributed by atoms with van der Waals surface area (Å²) in [5.41, 5.74) is 4.38. The van der Waals surface area contributed by atoms with Crippen LogP contribution in [0.2, 0.25) is 0 Å². The fourth-order valence-corrected chi connectivity index (χ4v) is 4.80. The second-order valence-corrected chi connectivity index (χ2v) is 9.04. The van der Waals surface area contributed by atoms with E-state index in [9.17, 15) is 4.79 Å². The predicted molar refractivity (Wildman–Crippen MR) is 136 cm³/mol. The first-order chi connectivity index (χ1) is 16.6. The molecule has 0 saturated carbocycles. The van der Waals surface area contributed by atoms with Gasteiger partial charge in [0.1, 0.15) is 23.1 Å². The zero-order valence-electron chi connectivity index (χ0n) is 19.6. The van der Waals surface area contributed by atoms with E-state index in [4.69, 9.17) is 19.6 Å². The maximum absolute atomic E-state index is 11.0. The molecule has 2 aromatic heterocycles. The standard InChI is InChI=1S/C27H30N2O4S/c1-3-6-20-15-21(27-28-22(4-2)18-34-27)7-10-25(20)33-14-5-13-32-23-8-9-24-19(16-23)11-12-29(24)17-26(30)31/h7-12,15-16,18H,3-6,13-14,17H2,1-2H3,(H,30,31). The van der Waals surface area contributed by atoms with Gasteiger partial charge in [-0.2, -0.15) is 0 Å². The summed E-state index contributed by atoms with van der Waals surface area (Å²) in [7, 11) is 0. The Labute approximate surface area is 203 Å². The number of aliphatic carboxylic acids is 1. The number of fused-ring (bicyclic) bond motifs is 1. The molecule has 0 atom stereocenters. The smallest absolute Gasteiger partial charge is 0.323 e. The van der Waals surface area contributed by atoms with Crippen molar-refractivity contribution in [1.29, 1.82) is 0 Å². The van der Waals surface area contributed by atoms with Gasteiger partial charge in [0.15, 0.2) is 0 Å². The van der Waals surface area contributed by atoms with E-state index in [1.54, 1.807) is 22.1 Å². The number of carboxylic acid groups (broad SMARTS) is 1. The maximum atomic E-state index is 11.0. The van der Waals surface area contributed by atoms with Gasteiger partial charge in [-0.1, -0.05) is 20.3 Å². The van der Waals surface area contributed by atoms with E-state index in [2.05, 4.69) is 37.4 Å². The molecule has 6 nitrogen and oxygen atoms in total. The minimum absolute atomic E-state index is 0.0499. The first-order valence-electron chi connectivity index (χ1n) is 11.7. The Bertz CT molecular complexity index is 1260. The number of carbonyl (C=O) groups is 1. The highest BCUT2D eigenvalue weighted by molar-refractivity contribution is 7.13. The number of rotatable bonds is 12. The third-order valence-electron chi connectivity index (χ3n) is 5.60. The predicted octanol–water partition coefficient (Wildman–Crippen LogP) is 6.21. The second kappa shape index (κ2) is 11.2. The fourth-order valence-electron chi connectivity index (χ4n) is 3.90. The molecule has 0 unspecified atom stereocenters. The molecule has 1 N–H and O–H groups in total. The van der Waals surface area contributed by atoms with Crippen LogP contribution in [0.15, 0.2) is 54.0 Å². The largest absolute Gasteiger partial charge is 0.493 e. The van der Waals surface area contributed by atoms with E-state index in [-0.39, 0.29) is 6.54 Å². The Hall–Kier alpha value is -3.32. The minimum Gasteiger partial charge on any atom is -0.493 e. The number of ether oxygens (including phenoxy) is 2. The van der Waals surface area contributed by atoms with E-state index in [0.29, 0.717) is 13.2 Å². The summed E-state index contributed by atoms with van der Waals surface area (Å²) in [5, 5.41) is 13.2. The number of thiazole rings is 1. The minimum atomic E-state index is -0.858. The average molecular weight is 479 g/mol. The average Bonchev–Trinajstić information content (AvgIpc) is 3.47. The molecule has 0 amide bonds. The van der Waals surface area contributed by atoms with Crippen molar-refractivity contribution in [3.05, 3.63) is 65.3 Å². The summed E-state index contributed by atoms with van der Waals surface area (Å²) in [6.45, 7) is 5.37. The highest BCUT2D eigenvalue weighted by atomic mass is 32.1. The van der Waals surface area contributed by atoms with Gasteiger partial charge in [-0.25, -0.2) is 4.98 Å². The number of hydrogen-bond donors (Lipinski definition) is 1. The summed E-state index contributed by atoms with van der Waals surface area (Å²) >= 11 is 1.69. The summed E-state index contributed by atoms with van der Waals surface area (Å²) in [6.07, 6.45) is 5.52. The van der Waals surface area contributed by atoms with E-state index in [0.717, 1.165) is 64.4 Å². The molecule has 0 radical (unpaired) electrons. The number of benzene rings is 2. The normalized spacial score (nSPS) is 11.1. The highest BCUT2D eigenvalue weighted by Crippen LogP contribution is 2.30. The topological polar surface area (TPSA) is 73.6 Å². The van der Waals surface area contributed by atoms with E-state index in [1.165, 1.54) is 5.56 Å². The van der Waals surface area contributed by atoms with Crippen LogP contribution in [0.3, 0.4) is 0 Å². The molecule has 2 heterocycles. The number of aryl methyl sites for hydroxylation is 2. The zero-order chi connectivity index (χ0) is 23.9. The zero-order valence-corrected chi connectivity index (χ0v) is 20.4. The highest BCUT2D eigenvalue weighted by Gasteiger charge is 2.10. The summed E-state index contributed by atoms with van der Waals surface area (Å²) in [4.78, 5) is 15.7. The van der Waals surface area contributed by atoms with Crippen LogP contribution < -0.4 is 9.47 Å². The first kappa shape index (κ1) is 23.8. The molecular formula is C27H30N2O4S. The molecule has 0 aliphatic rings. The Morgan fingerprint density at radius 2 is 1.94 bits per heavy atom. The molecule has 0 bridgehead atoms. The van der Waals surface area contributed by atoms with Crippen LogP contribution in [-0.2, 0) is 24.2 Å². The van der Waals surface area contributed by atoms with Gasteiger partial charge in [-0.3, -0.25) is 4.79 Å². The van der Waals surface area contributed by atoms with E-state index in [1.807, 2.05) is 24.3 Å². The number of aromatic nitrogens is 2. The second-order valence-electron chi connectivity index (χ2n) is 8.18. The van der Waals surface area contributed by atoms with Crippen LogP contribution in [-0.4, -0.2) is 33.8 Å². The first-order valence-corrected chi connectivity index (χ1v) is 12.6. The SMILES string of the molecule is CCCc1cc(-c2nc(CC)cs2)ccc1OCCCOc1ccc2c(ccn2CC(=O)O)c1. The molecule has 0 aliphatic carbocycles. The molecule has 0 fully saturated rings. The number of nitrogens with zero attached hydrogens (tertiary/aromatic N) is 2. The van der Waals surface area contributed by atoms with Crippen molar-refractivity contribution in [2.75, 3.05) is 13.2 Å². The third-order valence-corrected chi connectivity index (χ3v) is 6.54. The van der Waals surface area contributed by atoms with Crippen molar-refractivity contribution >= 4 is 28.2 Å². The molecule has 34 heavy (non-hydrogen) atoms. The molecule has 4 aromatic rings. The lowest BCUT2D eigenvalue weighted by atomic mass is 10.1. The third kappa shape index (κ3) is 5.78. The molecule has 4 rings (SSSR count). The molecule has 0 spiro atoms. The van der Waals surface area contributed by atoms with E-state index < -0.39 is 5.97 Å². The van der Waals surface area contributed by atoms with Gasteiger partial charge in [-0.05, 0) is 60.9 Å². The van der Waals surface area contributed by atoms with Crippen molar-refractivity contribution in [3.63, 3.8) is 0 Å². The van der Waals surface area contributed by atoms with Gasteiger partial charge in [0.2, 0.25) is 0 Å². The Morgan fingerprint density at radius 1 is 1.09 bits per heavy atom. The monoisotopic (exact) mass is 478 g/mol. The lowest BCUT2D eigenvalue weighted by Crippen LogP contribution is -2.07. The molecule has 0 saturated heterocycles. The molecular weight excluding hydrogens is 448 g/mol. The van der Waals surface area contributed by atoms with Crippen molar-refractivity contribution in [1.82, 2.24) is 9.55 Å². The molecule has 7 heteroatoms. The van der Waals surface area contributed by atoms with Crippen LogP contribution in [0.1, 0.15) is 37.9 Å². The number of carboxylic acids is 1. The van der Waals surface area contributed by atoms with Gasteiger partial charge in [0.25, 0.3) is 0 Å².